The molecule has 2 N–H and O–H groups in total. The van der Waals surface area contributed by atoms with Gasteiger partial charge in [0.05, 0.1) is 30.8 Å². The van der Waals surface area contributed by atoms with Gasteiger partial charge in [-0.1, -0.05) is 18.2 Å². The SMILES string of the molecule is COc1ccc2c(c1OC)C(=O)N1[C@@H](C(=O)Nc3nc4ccccc4[nH]3)C(C)(C)S[C@@H]21. The highest BCUT2D eigenvalue weighted by molar-refractivity contribution is 8.01. The van der Waals surface area contributed by atoms with E-state index in [1.54, 1.807) is 22.7 Å². The van der Waals surface area contributed by atoms with Crippen LogP contribution in [0.3, 0.4) is 0 Å². The van der Waals surface area contributed by atoms with Crippen LogP contribution in [0.25, 0.3) is 11.0 Å². The van der Waals surface area contributed by atoms with Crippen molar-refractivity contribution in [2.24, 2.45) is 0 Å². The Morgan fingerprint density at radius 1 is 1.19 bits per heavy atom. The average molecular weight is 439 g/mol. The summed E-state index contributed by atoms with van der Waals surface area (Å²) in [5.41, 5.74) is 2.88. The number of amides is 2. The number of rotatable bonds is 4. The Morgan fingerprint density at radius 2 is 1.97 bits per heavy atom. The first kappa shape index (κ1) is 19.7. The van der Waals surface area contributed by atoms with Gasteiger partial charge < -0.3 is 19.4 Å². The summed E-state index contributed by atoms with van der Waals surface area (Å²) in [5.74, 6) is 0.723. The number of methoxy groups -OCH3 is 2. The summed E-state index contributed by atoms with van der Waals surface area (Å²) in [7, 11) is 3.05. The molecule has 160 valence electrons. The molecule has 0 radical (unpaired) electrons. The molecule has 3 aromatic rings. The van der Waals surface area contributed by atoms with Crippen LogP contribution in [0.2, 0.25) is 0 Å². The van der Waals surface area contributed by atoms with E-state index >= 15 is 0 Å². The highest BCUT2D eigenvalue weighted by Crippen LogP contribution is 2.58. The summed E-state index contributed by atoms with van der Waals surface area (Å²) in [5, 5.41) is 2.60. The Labute approximate surface area is 183 Å². The quantitative estimate of drug-likeness (QED) is 0.647. The van der Waals surface area contributed by atoms with Gasteiger partial charge in [-0.05, 0) is 32.0 Å². The second kappa shape index (κ2) is 6.91. The summed E-state index contributed by atoms with van der Waals surface area (Å²) in [6, 6.07) is 10.5. The number of H-pyrrole nitrogens is 1. The normalized spacial score (nSPS) is 21.2. The van der Waals surface area contributed by atoms with E-state index in [4.69, 9.17) is 9.47 Å². The zero-order valence-corrected chi connectivity index (χ0v) is 18.4. The number of thioether (sulfide) groups is 1. The summed E-state index contributed by atoms with van der Waals surface area (Å²) in [6.07, 6.45) is 0. The maximum Gasteiger partial charge on any atom is 0.260 e. The number of anilines is 1. The summed E-state index contributed by atoms with van der Waals surface area (Å²) < 4.78 is 10.4. The zero-order chi connectivity index (χ0) is 21.9. The molecular formula is C22H22N4O4S. The summed E-state index contributed by atoms with van der Waals surface area (Å²) in [4.78, 5) is 36.1. The van der Waals surface area contributed by atoms with Gasteiger partial charge in [0.2, 0.25) is 5.95 Å². The van der Waals surface area contributed by atoms with E-state index < -0.39 is 10.8 Å². The van der Waals surface area contributed by atoms with Gasteiger partial charge in [0.15, 0.2) is 11.5 Å². The molecule has 1 aromatic heterocycles. The fourth-order valence-electron chi connectivity index (χ4n) is 4.45. The van der Waals surface area contributed by atoms with Crippen molar-refractivity contribution in [2.75, 3.05) is 19.5 Å². The van der Waals surface area contributed by atoms with Crippen LogP contribution in [-0.2, 0) is 4.79 Å². The fraction of sp³-hybridized carbons (Fsp3) is 0.318. The number of ether oxygens (including phenoxy) is 2. The molecule has 3 heterocycles. The number of hydrogen-bond donors (Lipinski definition) is 2. The highest BCUT2D eigenvalue weighted by atomic mass is 32.2. The first-order valence-electron chi connectivity index (χ1n) is 9.86. The zero-order valence-electron chi connectivity index (χ0n) is 17.6. The lowest BCUT2D eigenvalue weighted by molar-refractivity contribution is -0.121. The number of aromatic nitrogens is 2. The van der Waals surface area contributed by atoms with Crippen molar-refractivity contribution in [1.82, 2.24) is 14.9 Å². The van der Waals surface area contributed by atoms with Crippen LogP contribution in [0.15, 0.2) is 36.4 Å². The third-order valence-corrected chi connectivity index (χ3v) is 7.31. The minimum absolute atomic E-state index is 0.237. The largest absolute Gasteiger partial charge is 0.493 e. The average Bonchev–Trinajstić information content (AvgIpc) is 3.36. The van der Waals surface area contributed by atoms with Gasteiger partial charge in [0.1, 0.15) is 11.4 Å². The van der Waals surface area contributed by atoms with Crippen molar-refractivity contribution < 1.29 is 19.1 Å². The van der Waals surface area contributed by atoms with E-state index in [9.17, 15) is 9.59 Å². The topological polar surface area (TPSA) is 96.6 Å². The maximum absolute atomic E-state index is 13.5. The molecule has 2 aromatic carbocycles. The lowest BCUT2D eigenvalue weighted by atomic mass is 10.0. The molecule has 0 aliphatic carbocycles. The number of carbonyl (C=O) groups excluding carboxylic acids is 2. The van der Waals surface area contributed by atoms with E-state index in [0.717, 1.165) is 16.6 Å². The summed E-state index contributed by atoms with van der Waals surface area (Å²) in [6.45, 7) is 3.96. The Hall–Kier alpha value is -3.20. The van der Waals surface area contributed by atoms with Crippen LogP contribution < -0.4 is 14.8 Å². The van der Waals surface area contributed by atoms with Crippen LogP contribution in [0.5, 0.6) is 11.5 Å². The second-order valence-electron chi connectivity index (χ2n) is 8.05. The van der Waals surface area contributed by atoms with Crippen molar-refractivity contribution in [1.29, 1.82) is 0 Å². The Bertz CT molecular complexity index is 1190. The van der Waals surface area contributed by atoms with Crippen LogP contribution in [0, 0.1) is 0 Å². The molecule has 5 rings (SSSR count). The first-order valence-corrected chi connectivity index (χ1v) is 10.7. The number of aromatic amines is 1. The molecule has 8 nitrogen and oxygen atoms in total. The van der Waals surface area contributed by atoms with Crippen LogP contribution in [0.1, 0.15) is 35.1 Å². The molecule has 0 saturated carbocycles. The molecule has 9 heteroatoms. The maximum atomic E-state index is 13.5. The lowest BCUT2D eigenvalue weighted by Crippen LogP contribution is -2.50. The molecule has 1 fully saturated rings. The van der Waals surface area contributed by atoms with Crippen molar-refractivity contribution in [3.63, 3.8) is 0 Å². The third-order valence-electron chi connectivity index (χ3n) is 5.78. The smallest absolute Gasteiger partial charge is 0.260 e. The molecule has 0 unspecified atom stereocenters. The van der Waals surface area contributed by atoms with Gasteiger partial charge in [-0.3, -0.25) is 14.9 Å². The Kier molecular flexibility index (Phi) is 4.40. The van der Waals surface area contributed by atoms with Gasteiger partial charge in [0, 0.05) is 10.3 Å². The minimum Gasteiger partial charge on any atom is -0.493 e. The van der Waals surface area contributed by atoms with Crippen LogP contribution in [0.4, 0.5) is 5.95 Å². The molecule has 0 spiro atoms. The molecule has 2 amide bonds. The molecule has 0 bridgehead atoms. The highest BCUT2D eigenvalue weighted by Gasteiger charge is 2.58. The van der Waals surface area contributed by atoms with Crippen molar-refractivity contribution in [2.45, 2.75) is 30.0 Å². The molecule has 2 aliphatic heterocycles. The van der Waals surface area contributed by atoms with E-state index in [1.807, 2.05) is 44.2 Å². The molecule has 31 heavy (non-hydrogen) atoms. The molecule has 1 saturated heterocycles. The van der Waals surface area contributed by atoms with Gasteiger partial charge >= 0.3 is 0 Å². The number of benzene rings is 2. The van der Waals surface area contributed by atoms with E-state index in [2.05, 4.69) is 15.3 Å². The molecular weight excluding hydrogens is 416 g/mol. The number of fused-ring (bicyclic) bond motifs is 4. The number of nitrogens with zero attached hydrogens (tertiary/aromatic N) is 2. The van der Waals surface area contributed by atoms with Gasteiger partial charge in [-0.2, -0.15) is 0 Å². The predicted molar refractivity (Wildman–Crippen MR) is 119 cm³/mol. The number of hydrogen-bond acceptors (Lipinski definition) is 6. The van der Waals surface area contributed by atoms with E-state index in [-0.39, 0.29) is 17.2 Å². The fourth-order valence-corrected chi connectivity index (χ4v) is 6.03. The third kappa shape index (κ3) is 2.87. The number of carbonyl (C=O) groups is 2. The lowest BCUT2D eigenvalue weighted by Gasteiger charge is -2.29. The van der Waals surface area contributed by atoms with Crippen molar-refractivity contribution >= 4 is 40.6 Å². The molecule has 2 atom stereocenters. The van der Waals surface area contributed by atoms with Crippen molar-refractivity contribution in [3.05, 3.63) is 47.5 Å². The molecule has 2 aliphatic rings. The number of nitrogens with one attached hydrogen (secondary N) is 2. The van der Waals surface area contributed by atoms with Gasteiger partial charge in [0.25, 0.3) is 11.8 Å². The first-order chi connectivity index (χ1) is 14.9. The van der Waals surface area contributed by atoms with Crippen molar-refractivity contribution in [3.8, 4) is 11.5 Å². The van der Waals surface area contributed by atoms with E-state index in [1.165, 1.54) is 14.2 Å². The number of para-hydroxylation sites is 2. The number of imidazole rings is 1. The second-order valence-corrected chi connectivity index (χ2v) is 9.78. The Balaban J connectivity index is 1.51. The monoisotopic (exact) mass is 438 g/mol. The Morgan fingerprint density at radius 3 is 2.68 bits per heavy atom. The van der Waals surface area contributed by atoms with E-state index in [0.29, 0.717) is 23.0 Å². The van der Waals surface area contributed by atoms with Gasteiger partial charge in [-0.15, -0.1) is 11.8 Å². The standard InChI is InChI=1S/C22H22N4O4S/c1-22(2)17(18(27)25-21-23-12-7-5-6-8-13(12)24-21)26-19(28)15-11(20(26)31-22)9-10-14(29-3)16(15)30-4/h5-10,17,20H,1-4H3,(H2,23,24,25,27)/t17-,20-/m0/s1. The minimum atomic E-state index is -0.689. The van der Waals surface area contributed by atoms with Crippen LogP contribution >= 0.6 is 11.8 Å². The van der Waals surface area contributed by atoms with Gasteiger partial charge in [-0.25, -0.2) is 4.98 Å². The summed E-state index contributed by atoms with van der Waals surface area (Å²) >= 11 is 1.59. The predicted octanol–water partition coefficient (Wildman–Crippen LogP) is 3.57. The van der Waals surface area contributed by atoms with Crippen LogP contribution in [-0.4, -0.2) is 51.7 Å².